The van der Waals surface area contributed by atoms with Gasteiger partial charge < -0.3 is 10.0 Å². The van der Waals surface area contributed by atoms with Gasteiger partial charge in [0.1, 0.15) is 5.56 Å². The van der Waals surface area contributed by atoms with Crippen LogP contribution in [0.25, 0.3) is 10.1 Å². The summed E-state index contributed by atoms with van der Waals surface area (Å²) in [5.74, 6) is -0.876. The van der Waals surface area contributed by atoms with Crippen molar-refractivity contribution in [3.05, 3.63) is 52.7 Å². The van der Waals surface area contributed by atoms with Gasteiger partial charge in [-0.25, -0.2) is 4.79 Å². The molecule has 1 amide bonds. The molecule has 1 aliphatic rings. The van der Waals surface area contributed by atoms with E-state index in [0.29, 0.717) is 18.8 Å². The summed E-state index contributed by atoms with van der Waals surface area (Å²) in [6.07, 6.45) is 2.96. The third-order valence-electron chi connectivity index (χ3n) is 5.01. The Balaban J connectivity index is 1.46. The highest BCUT2D eigenvalue weighted by molar-refractivity contribution is 7.20. The second-order valence-electron chi connectivity index (χ2n) is 6.57. The van der Waals surface area contributed by atoms with Gasteiger partial charge in [-0.05, 0) is 37.3 Å². The Morgan fingerprint density at radius 2 is 1.96 bits per heavy atom. The van der Waals surface area contributed by atoms with Crippen molar-refractivity contribution in [3.63, 3.8) is 0 Å². The molecular weight excluding hydrogens is 350 g/mol. The van der Waals surface area contributed by atoms with Crippen LogP contribution in [-0.4, -0.2) is 44.8 Å². The fourth-order valence-corrected chi connectivity index (χ4v) is 4.59. The van der Waals surface area contributed by atoms with E-state index in [1.165, 1.54) is 17.5 Å². The minimum absolute atomic E-state index is 0.0769. The van der Waals surface area contributed by atoms with Crippen molar-refractivity contribution in [1.29, 1.82) is 0 Å². The quantitative estimate of drug-likeness (QED) is 0.766. The summed E-state index contributed by atoms with van der Waals surface area (Å²) in [4.78, 5) is 26.7. The number of hydrogen-bond donors (Lipinski definition) is 1. The summed E-state index contributed by atoms with van der Waals surface area (Å²) in [6.45, 7) is 3.09. The van der Waals surface area contributed by atoms with Crippen LogP contribution >= 0.6 is 11.3 Å². The zero-order valence-electron chi connectivity index (χ0n) is 14.4. The van der Waals surface area contributed by atoms with Crippen LogP contribution in [0.2, 0.25) is 0 Å². The van der Waals surface area contributed by atoms with E-state index in [4.69, 9.17) is 0 Å². The second-order valence-corrected chi connectivity index (χ2v) is 7.65. The molecule has 6 nitrogen and oxygen atoms in total. The topological polar surface area (TPSA) is 75.4 Å². The molecule has 1 aromatic carbocycles. The Kier molecular flexibility index (Phi) is 4.24. The van der Waals surface area contributed by atoms with Crippen molar-refractivity contribution in [2.75, 3.05) is 13.1 Å². The van der Waals surface area contributed by atoms with Gasteiger partial charge in [0.15, 0.2) is 0 Å². The van der Waals surface area contributed by atoms with E-state index in [-0.39, 0.29) is 17.5 Å². The number of rotatable bonds is 3. The molecule has 3 aromatic rings. The van der Waals surface area contributed by atoms with Crippen molar-refractivity contribution < 1.29 is 14.7 Å². The molecule has 0 spiro atoms. The lowest BCUT2D eigenvalue weighted by molar-refractivity contribution is 0.0692. The number of amides is 1. The van der Waals surface area contributed by atoms with E-state index < -0.39 is 5.97 Å². The Labute approximate surface area is 154 Å². The van der Waals surface area contributed by atoms with Crippen molar-refractivity contribution >= 4 is 33.3 Å². The predicted octanol–water partition coefficient (Wildman–Crippen LogP) is 3.58. The lowest BCUT2D eigenvalue weighted by atomic mass is 10.0. The number of carbonyl (C=O) groups excluding carboxylic acids is 1. The second kappa shape index (κ2) is 6.57. The first-order valence-electron chi connectivity index (χ1n) is 8.60. The van der Waals surface area contributed by atoms with E-state index in [2.05, 4.69) is 5.10 Å². The number of piperidine rings is 1. The van der Waals surface area contributed by atoms with E-state index in [9.17, 15) is 14.7 Å². The summed E-state index contributed by atoms with van der Waals surface area (Å²) >= 11 is 1.53. The van der Waals surface area contributed by atoms with E-state index in [0.717, 1.165) is 27.8 Å². The summed E-state index contributed by atoms with van der Waals surface area (Å²) in [5.41, 5.74) is 0.917. The van der Waals surface area contributed by atoms with Crippen LogP contribution in [0.3, 0.4) is 0 Å². The smallest absolute Gasteiger partial charge is 0.339 e. The normalized spacial score (nSPS) is 15.5. The number of carboxylic acid groups (broad SMARTS) is 1. The van der Waals surface area contributed by atoms with Crippen molar-refractivity contribution in [2.45, 2.75) is 25.8 Å². The summed E-state index contributed by atoms with van der Waals surface area (Å²) in [6, 6.07) is 10.1. The number of aromatic nitrogens is 2. The Morgan fingerprint density at radius 1 is 1.23 bits per heavy atom. The van der Waals surface area contributed by atoms with Gasteiger partial charge in [-0.1, -0.05) is 18.2 Å². The SMILES string of the molecule is Cc1c(C(=O)O)cnn1C1CCN(C(=O)c2cc3ccccc3s2)CC1. The third-order valence-corrected chi connectivity index (χ3v) is 6.11. The number of nitrogens with zero attached hydrogens (tertiary/aromatic N) is 3. The van der Waals surface area contributed by atoms with Gasteiger partial charge in [-0.3, -0.25) is 9.48 Å². The zero-order valence-corrected chi connectivity index (χ0v) is 15.2. The molecule has 2 aromatic heterocycles. The molecule has 1 N–H and O–H groups in total. The van der Waals surface area contributed by atoms with Crippen LogP contribution in [0.5, 0.6) is 0 Å². The van der Waals surface area contributed by atoms with Crippen LogP contribution in [-0.2, 0) is 0 Å². The molecule has 0 saturated carbocycles. The minimum atomic E-state index is -0.953. The maximum absolute atomic E-state index is 12.8. The molecule has 1 aliphatic heterocycles. The van der Waals surface area contributed by atoms with Crippen LogP contribution in [0.4, 0.5) is 0 Å². The van der Waals surface area contributed by atoms with Crippen molar-refractivity contribution in [3.8, 4) is 0 Å². The van der Waals surface area contributed by atoms with E-state index in [1.54, 1.807) is 11.6 Å². The van der Waals surface area contributed by atoms with Crippen LogP contribution in [0.15, 0.2) is 36.5 Å². The molecule has 134 valence electrons. The van der Waals surface area contributed by atoms with Crippen LogP contribution in [0, 0.1) is 6.92 Å². The number of carbonyl (C=O) groups is 2. The van der Waals surface area contributed by atoms with Gasteiger partial charge in [0, 0.05) is 17.8 Å². The van der Waals surface area contributed by atoms with Crippen LogP contribution < -0.4 is 0 Å². The zero-order chi connectivity index (χ0) is 18.3. The van der Waals surface area contributed by atoms with Gasteiger partial charge in [-0.15, -0.1) is 11.3 Å². The minimum Gasteiger partial charge on any atom is -0.478 e. The molecular formula is C19H19N3O3S. The first-order valence-corrected chi connectivity index (χ1v) is 9.41. The average Bonchev–Trinajstić information content (AvgIpc) is 3.24. The van der Waals surface area contributed by atoms with Gasteiger partial charge in [0.05, 0.1) is 22.8 Å². The highest BCUT2D eigenvalue weighted by atomic mass is 32.1. The number of hydrogen-bond acceptors (Lipinski definition) is 4. The van der Waals surface area contributed by atoms with Gasteiger partial charge in [0.25, 0.3) is 5.91 Å². The van der Waals surface area contributed by atoms with Gasteiger partial charge >= 0.3 is 5.97 Å². The first kappa shape index (κ1) is 16.8. The Bertz CT molecular complexity index is 950. The Morgan fingerprint density at radius 3 is 2.62 bits per heavy atom. The number of thiophene rings is 1. The molecule has 1 saturated heterocycles. The number of carboxylic acids is 1. The molecule has 7 heteroatoms. The largest absolute Gasteiger partial charge is 0.478 e. The lowest BCUT2D eigenvalue weighted by Gasteiger charge is -2.32. The van der Waals surface area contributed by atoms with Gasteiger partial charge in [0.2, 0.25) is 0 Å². The molecule has 1 fully saturated rings. The fourth-order valence-electron chi connectivity index (χ4n) is 3.56. The molecule has 0 radical (unpaired) electrons. The summed E-state index contributed by atoms with van der Waals surface area (Å²) in [7, 11) is 0. The fraction of sp³-hybridized carbons (Fsp3) is 0.316. The standard InChI is InChI=1S/C19H19N3O3S/c1-12-15(19(24)25)11-20-22(12)14-6-8-21(9-7-14)18(23)17-10-13-4-2-3-5-16(13)26-17/h2-5,10-11,14H,6-9H2,1H3,(H,24,25). The first-order chi connectivity index (χ1) is 12.5. The highest BCUT2D eigenvalue weighted by Crippen LogP contribution is 2.29. The summed E-state index contributed by atoms with van der Waals surface area (Å²) in [5, 5.41) is 14.5. The molecule has 0 unspecified atom stereocenters. The average molecular weight is 369 g/mol. The molecule has 0 aliphatic carbocycles. The predicted molar refractivity (Wildman–Crippen MR) is 99.9 cm³/mol. The monoisotopic (exact) mass is 369 g/mol. The molecule has 4 rings (SSSR count). The number of likely N-dealkylation sites (tertiary alicyclic amines) is 1. The van der Waals surface area contributed by atoms with Gasteiger partial charge in [-0.2, -0.15) is 5.10 Å². The summed E-state index contributed by atoms with van der Waals surface area (Å²) < 4.78 is 2.92. The third kappa shape index (κ3) is 2.88. The van der Waals surface area contributed by atoms with Crippen molar-refractivity contribution in [1.82, 2.24) is 14.7 Å². The van der Waals surface area contributed by atoms with E-state index in [1.807, 2.05) is 35.2 Å². The molecule has 0 atom stereocenters. The highest BCUT2D eigenvalue weighted by Gasteiger charge is 2.27. The maximum atomic E-state index is 12.8. The maximum Gasteiger partial charge on any atom is 0.339 e. The lowest BCUT2D eigenvalue weighted by Crippen LogP contribution is -2.39. The van der Waals surface area contributed by atoms with E-state index >= 15 is 0 Å². The number of fused-ring (bicyclic) bond motifs is 1. The molecule has 0 bridgehead atoms. The van der Waals surface area contributed by atoms with Crippen molar-refractivity contribution in [2.24, 2.45) is 0 Å². The van der Waals surface area contributed by atoms with Crippen LogP contribution in [0.1, 0.15) is 44.6 Å². The molecule has 3 heterocycles. The number of aromatic carboxylic acids is 1. The Hall–Kier alpha value is -2.67. The molecule has 26 heavy (non-hydrogen) atoms. The number of benzene rings is 1.